The fourth-order valence-electron chi connectivity index (χ4n) is 2.11. The third-order valence-electron chi connectivity index (χ3n) is 3.07. The van der Waals surface area contributed by atoms with Crippen LogP contribution in [-0.4, -0.2) is 15.5 Å². The SMILES string of the molecule is CN(Cc1cccc(Cl)c1)c1cccc(S(N)(=O)=O)c1N. The van der Waals surface area contributed by atoms with Crippen LogP contribution in [0.4, 0.5) is 11.4 Å². The minimum absolute atomic E-state index is 0.0713. The maximum atomic E-state index is 11.5. The third-order valence-corrected chi connectivity index (χ3v) is 4.27. The Morgan fingerprint density at radius 1 is 1.19 bits per heavy atom. The Morgan fingerprint density at radius 2 is 1.86 bits per heavy atom. The van der Waals surface area contributed by atoms with Gasteiger partial charge in [-0.3, -0.25) is 0 Å². The molecule has 0 atom stereocenters. The van der Waals surface area contributed by atoms with E-state index >= 15 is 0 Å². The number of para-hydroxylation sites is 1. The quantitative estimate of drug-likeness (QED) is 0.843. The zero-order valence-electron chi connectivity index (χ0n) is 11.5. The number of hydrogen-bond acceptors (Lipinski definition) is 4. The van der Waals surface area contributed by atoms with Crippen molar-refractivity contribution in [1.29, 1.82) is 0 Å². The number of sulfonamides is 1. The average molecular weight is 326 g/mol. The molecule has 0 bridgehead atoms. The van der Waals surface area contributed by atoms with Gasteiger partial charge in [0, 0.05) is 18.6 Å². The van der Waals surface area contributed by atoms with Crippen LogP contribution in [0.15, 0.2) is 47.4 Å². The fourth-order valence-corrected chi connectivity index (χ4v) is 3.00. The van der Waals surface area contributed by atoms with Crippen LogP contribution in [0.25, 0.3) is 0 Å². The van der Waals surface area contributed by atoms with Crippen LogP contribution in [0.3, 0.4) is 0 Å². The average Bonchev–Trinajstić information content (AvgIpc) is 2.37. The summed E-state index contributed by atoms with van der Waals surface area (Å²) in [5.41, 5.74) is 7.66. The van der Waals surface area contributed by atoms with Crippen molar-refractivity contribution in [2.45, 2.75) is 11.4 Å². The summed E-state index contributed by atoms with van der Waals surface area (Å²) < 4.78 is 23.0. The molecule has 4 N–H and O–H groups in total. The maximum absolute atomic E-state index is 11.5. The molecule has 112 valence electrons. The smallest absolute Gasteiger partial charge is 0.240 e. The number of nitrogen functional groups attached to an aromatic ring is 1. The minimum Gasteiger partial charge on any atom is -0.396 e. The first-order valence-electron chi connectivity index (χ1n) is 6.16. The summed E-state index contributed by atoms with van der Waals surface area (Å²) in [6.45, 7) is 0.541. The Kier molecular flexibility index (Phi) is 4.41. The summed E-state index contributed by atoms with van der Waals surface area (Å²) in [6.07, 6.45) is 0. The maximum Gasteiger partial charge on any atom is 0.240 e. The summed E-state index contributed by atoms with van der Waals surface area (Å²) in [4.78, 5) is 1.77. The van der Waals surface area contributed by atoms with Gasteiger partial charge in [-0.05, 0) is 29.8 Å². The molecule has 0 aliphatic heterocycles. The standard InChI is InChI=1S/C14H16ClN3O2S/c1-18(9-10-4-2-5-11(15)8-10)12-6-3-7-13(14(12)16)21(17,19)20/h2-8H,9,16H2,1H3,(H2,17,19,20). The molecule has 0 aliphatic carbocycles. The summed E-state index contributed by atoms with van der Waals surface area (Å²) >= 11 is 5.95. The second-order valence-corrected chi connectivity index (χ2v) is 6.69. The molecule has 0 amide bonds. The number of halogens is 1. The summed E-state index contributed by atoms with van der Waals surface area (Å²) in [5.74, 6) is 0. The van der Waals surface area contributed by atoms with Crippen LogP contribution in [0.1, 0.15) is 5.56 Å². The van der Waals surface area contributed by atoms with Crippen molar-refractivity contribution >= 4 is 33.0 Å². The van der Waals surface area contributed by atoms with Crippen molar-refractivity contribution in [3.8, 4) is 0 Å². The first kappa shape index (κ1) is 15.6. The molecule has 0 radical (unpaired) electrons. The van der Waals surface area contributed by atoms with Crippen LogP contribution in [0.2, 0.25) is 5.02 Å². The highest BCUT2D eigenvalue weighted by Crippen LogP contribution is 2.29. The number of benzene rings is 2. The van der Waals surface area contributed by atoms with Gasteiger partial charge in [0.2, 0.25) is 10.0 Å². The normalized spacial score (nSPS) is 11.4. The topological polar surface area (TPSA) is 89.4 Å². The first-order chi connectivity index (χ1) is 9.79. The van der Waals surface area contributed by atoms with Gasteiger partial charge in [0.1, 0.15) is 4.90 Å². The molecule has 0 saturated carbocycles. The van der Waals surface area contributed by atoms with Crippen molar-refractivity contribution < 1.29 is 8.42 Å². The number of nitrogens with two attached hydrogens (primary N) is 2. The second kappa shape index (κ2) is 5.93. The van der Waals surface area contributed by atoms with E-state index in [-0.39, 0.29) is 10.6 Å². The zero-order chi connectivity index (χ0) is 15.6. The molecular formula is C14H16ClN3O2S. The summed E-state index contributed by atoms with van der Waals surface area (Å²) in [7, 11) is -2.02. The van der Waals surface area contributed by atoms with E-state index in [2.05, 4.69) is 0 Å². The summed E-state index contributed by atoms with van der Waals surface area (Å²) in [5, 5.41) is 5.80. The van der Waals surface area contributed by atoms with Crippen molar-refractivity contribution in [3.63, 3.8) is 0 Å². The Balaban J connectivity index is 2.34. The zero-order valence-corrected chi connectivity index (χ0v) is 13.0. The van der Waals surface area contributed by atoms with E-state index in [9.17, 15) is 8.42 Å². The molecule has 0 fully saturated rings. The molecule has 7 heteroatoms. The molecule has 2 rings (SSSR count). The van der Waals surface area contributed by atoms with Crippen LogP contribution < -0.4 is 15.8 Å². The van der Waals surface area contributed by atoms with Gasteiger partial charge in [-0.2, -0.15) is 0 Å². The molecule has 21 heavy (non-hydrogen) atoms. The second-order valence-electron chi connectivity index (χ2n) is 4.72. The molecular weight excluding hydrogens is 310 g/mol. The molecule has 2 aromatic rings. The lowest BCUT2D eigenvalue weighted by Gasteiger charge is -2.22. The number of primary sulfonamides is 1. The molecule has 0 unspecified atom stereocenters. The Labute approximate surface area is 129 Å². The summed E-state index contributed by atoms with van der Waals surface area (Å²) in [6, 6.07) is 12.2. The minimum atomic E-state index is -3.84. The van der Waals surface area contributed by atoms with E-state index < -0.39 is 10.0 Å². The molecule has 0 heterocycles. The van der Waals surface area contributed by atoms with E-state index in [0.29, 0.717) is 17.3 Å². The molecule has 0 aliphatic rings. The number of anilines is 2. The lowest BCUT2D eigenvalue weighted by atomic mass is 10.2. The molecule has 0 saturated heterocycles. The number of hydrogen-bond donors (Lipinski definition) is 2. The van der Waals surface area contributed by atoms with E-state index in [0.717, 1.165) is 5.56 Å². The van der Waals surface area contributed by atoms with E-state index in [1.807, 2.05) is 30.1 Å². The van der Waals surface area contributed by atoms with Gasteiger partial charge >= 0.3 is 0 Å². The van der Waals surface area contributed by atoms with Gasteiger partial charge < -0.3 is 10.6 Å². The molecule has 2 aromatic carbocycles. The Bertz CT molecular complexity index is 763. The van der Waals surface area contributed by atoms with E-state index in [4.69, 9.17) is 22.5 Å². The molecule has 0 aromatic heterocycles. The molecule has 0 spiro atoms. The van der Waals surface area contributed by atoms with Gasteiger partial charge in [0.25, 0.3) is 0 Å². The van der Waals surface area contributed by atoms with Crippen molar-refractivity contribution in [3.05, 3.63) is 53.1 Å². The lowest BCUT2D eigenvalue weighted by molar-refractivity contribution is 0.598. The lowest BCUT2D eigenvalue weighted by Crippen LogP contribution is -2.20. The van der Waals surface area contributed by atoms with Crippen LogP contribution >= 0.6 is 11.6 Å². The van der Waals surface area contributed by atoms with E-state index in [1.165, 1.54) is 6.07 Å². The fraction of sp³-hybridized carbons (Fsp3) is 0.143. The van der Waals surface area contributed by atoms with Crippen molar-refractivity contribution in [1.82, 2.24) is 0 Å². The highest BCUT2D eigenvalue weighted by molar-refractivity contribution is 7.89. The van der Waals surface area contributed by atoms with Crippen LogP contribution in [0, 0.1) is 0 Å². The first-order valence-corrected chi connectivity index (χ1v) is 8.08. The Hall–Kier alpha value is -1.76. The Morgan fingerprint density at radius 3 is 2.48 bits per heavy atom. The highest BCUT2D eigenvalue weighted by atomic mass is 35.5. The molecule has 5 nitrogen and oxygen atoms in total. The predicted octanol–water partition coefficient (Wildman–Crippen LogP) is 2.21. The van der Waals surface area contributed by atoms with Crippen LogP contribution in [0.5, 0.6) is 0 Å². The van der Waals surface area contributed by atoms with Gasteiger partial charge in [0.15, 0.2) is 0 Å². The third kappa shape index (κ3) is 3.66. The van der Waals surface area contributed by atoms with Gasteiger partial charge in [-0.1, -0.05) is 29.8 Å². The monoisotopic (exact) mass is 325 g/mol. The largest absolute Gasteiger partial charge is 0.396 e. The van der Waals surface area contributed by atoms with Crippen molar-refractivity contribution in [2.24, 2.45) is 5.14 Å². The van der Waals surface area contributed by atoms with Crippen LogP contribution in [-0.2, 0) is 16.6 Å². The van der Waals surface area contributed by atoms with Gasteiger partial charge in [0.05, 0.1) is 11.4 Å². The number of nitrogens with zero attached hydrogens (tertiary/aromatic N) is 1. The highest BCUT2D eigenvalue weighted by Gasteiger charge is 2.16. The van der Waals surface area contributed by atoms with Gasteiger partial charge in [-0.25, -0.2) is 13.6 Å². The van der Waals surface area contributed by atoms with E-state index in [1.54, 1.807) is 18.2 Å². The van der Waals surface area contributed by atoms with Gasteiger partial charge in [-0.15, -0.1) is 0 Å². The van der Waals surface area contributed by atoms with Crippen molar-refractivity contribution in [2.75, 3.05) is 17.7 Å². The predicted molar refractivity (Wildman–Crippen MR) is 85.8 cm³/mol. The number of rotatable bonds is 4.